The molecule has 2 aromatic rings. The van der Waals surface area contributed by atoms with Crippen molar-refractivity contribution in [2.24, 2.45) is 0 Å². The first-order valence-electron chi connectivity index (χ1n) is 6.96. The number of aromatic nitrogens is 4. The number of hydrogen-bond acceptors (Lipinski definition) is 7. The molecule has 0 unspecified atom stereocenters. The van der Waals surface area contributed by atoms with Gasteiger partial charge >= 0.3 is 6.01 Å². The molecule has 3 heterocycles. The lowest BCUT2D eigenvalue weighted by atomic mass is 10.1. The van der Waals surface area contributed by atoms with Gasteiger partial charge in [-0.15, -0.1) is 5.10 Å². The van der Waals surface area contributed by atoms with Crippen molar-refractivity contribution in [1.82, 2.24) is 20.2 Å². The van der Waals surface area contributed by atoms with Crippen LogP contribution in [0.15, 0.2) is 22.9 Å². The second-order valence-corrected chi connectivity index (χ2v) is 4.83. The average molecular weight is 274 g/mol. The zero-order chi connectivity index (χ0) is 13.8. The van der Waals surface area contributed by atoms with Crippen molar-refractivity contribution in [2.45, 2.75) is 32.2 Å². The zero-order valence-electron chi connectivity index (χ0n) is 11.5. The van der Waals surface area contributed by atoms with E-state index < -0.39 is 0 Å². The highest BCUT2D eigenvalue weighted by atomic mass is 16.4. The Labute approximate surface area is 117 Å². The standard InChI is InChI=1S/C13H18N6O/c1-2-11-17-18-13(20-11)16-10-5-3-8-19(9-10)12-14-6-4-7-15-12/h4,6-7,10H,2-3,5,8-9H2,1H3,(H,16,18)/t10-/m1/s1. The van der Waals surface area contributed by atoms with E-state index in [1.54, 1.807) is 12.4 Å². The molecule has 20 heavy (non-hydrogen) atoms. The maximum absolute atomic E-state index is 5.49. The third-order valence-corrected chi connectivity index (χ3v) is 3.35. The molecule has 3 rings (SSSR count). The molecule has 0 amide bonds. The van der Waals surface area contributed by atoms with Crippen LogP contribution in [0.4, 0.5) is 12.0 Å². The topological polar surface area (TPSA) is 80.0 Å². The minimum atomic E-state index is 0.276. The summed E-state index contributed by atoms with van der Waals surface area (Å²) in [6.45, 7) is 3.81. The van der Waals surface area contributed by atoms with E-state index in [1.807, 2.05) is 13.0 Å². The number of nitrogens with one attached hydrogen (secondary N) is 1. The minimum Gasteiger partial charge on any atom is -0.408 e. The Morgan fingerprint density at radius 2 is 2.20 bits per heavy atom. The summed E-state index contributed by atoms with van der Waals surface area (Å²) in [6.07, 6.45) is 6.46. The molecule has 0 bridgehead atoms. The third kappa shape index (κ3) is 2.87. The number of piperidine rings is 1. The zero-order valence-corrected chi connectivity index (χ0v) is 11.5. The molecule has 0 aliphatic carbocycles. The number of hydrogen-bond donors (Lipinski definition) is 1. The molecule has 1 fully saturated rings. The van der Waals surface area contributed by atoms with Crippen molar-refractivity contribution in [2.75, 3.05) is 23.3 Å². The van der Waals surface area contributed by atoms with Crippen LogP contribution in [0, 0.1) is 0 Å². The predicted octanol–water partition coefficient (Wildman–Crippen LogP) is 1.50. The van der Waals surface area contributed by atoms with Crippen LogP contribution >= 0.6 is 0 Å². The number of nitrogens with zero attached hydrogens (tertiary/aromatic N) is 5. The van der Waals surface area contributed by atoms with Crippen LogP contribution in [0.5, 0.6) is 0 Å². The van der Waals surface area contributed by atoms with Gasteiger partial charge in [0.05, 0.1) is 0 Å². The van der Waals surface area contributed by atoms with Crippen LogP contribution in [-0.2, 0) is 6.42 Å². The van der Waals surface area contributed by atoms with Crippen molar-refractivity contribution in [3.63, 3.8) is 0 Å². The normalized spacial score (nSPS) is 19.1. The monoisotopic (exact) mass is 274 g/mol. The van der Waals surface area contributed by atoms with Gasteiger partial charge in [-0.2, -0.15) is 0 Å². The Morgan fingerprint density at radius 1 is 1.35 bits per heavy atom. The van der Waals surface area contributed by atoms with Crippen LogP contribution in [0.25, 0.3) is 0 Å². The van der Waals surface area contributed by atoms with Gasteiger partial charge in [0.2, 0.25) is 11.8 Å². The lowest BCUT2D eigenvalue weighted by molar-refractivity contribution is 0.478. The summed E-state index contributed by atoms with van der Waals surface area (Å²) in [6, 6.07) is 2.61. The highest BCUT2D eigenvalue weighted by molar-refractivity contribution is 5.32. The fourth-order valence-electron chi connectivity index (χ4n) is 2.36. The molecule has 1 aliphatic heterocycles. The molecule has 7 nitrogen and oxygen atoms in total. The Balaban J connectivity index is 1.63. The molecule has 1 N–H and O–H groups in total. The largest absolute Gasteiger partial charge is 0.408 e. The van der Waals surface area contributed by atoms with E-state index in [4.69, 9.17) is 4.42 Å². The molecule has 1 aliphatic rings. The van der Waals surface area contributed by atoms with Crippen LogP contribution in [-0.4, -0.2) is 39.3 Å². The maximum atomic E-state index is 5.49. The van der Waals surface area contributed by atoms with Crippen LogP contribution < -0.4 is 10.2 Å². The molecule has 106 valence electrons. The van der Waals surface area contributed by atoms with Crippen molar-refractivity contribution in [3.05, 3.63) is 24.4 Å². The number of anilines is 2. The lowest BCUT2D eigenvalue weighted by Crippen LogP contribution is -2.43. The quantitative estimate of drug-likeness (QED) is 0.905. The van der Waals surface area contributed by atoms with Crippen molar-refractivity contribution in [1.29, 1.82) is 0 Å². The van der Waals surface area contributed by atoms with Gasteiger partial charge in [0.15, 0.2) is 0 Å². The van der Waals surface area contributed by atoms with E-state index in [9.17, 15) is 0 Å². The number of rotatable bonds is 4. The molecule has 1 atom stereocenters. The van der Waals surface area contributed by atoms with Gasteiger partial charge in [-0.1, -0.05) is 12.0 Å². The molecule has 1 saturated heterocycles. The van der Waals surface area contributed by atoms with E-state index in [2.05, 4.69) is 30.4 Å². The molecular formula is C13H18N6O. The van der Waals surface area contributed by atoms with Gasteiger partial charge in [-0.3, -0.25) is 0 Å². The summed E-state index contributed by atoms with van der Waals surface area (Å²) < 4.78 is 5.49. The van der Waals surface area contributed by atoms with Crippen molar-refractivity contribution >= 4 is 12.0 Å². The third-order valence-electron chi connectivity index (χ3n) is 3.35. The SMILES string of the molecule is CCc1nnc(N[C@@H]2CCCN(c3ncccn3)C2)o1. The van der Waals surface area contributed by atoms with E-state index in [0.29, 0.717) is 11.9 Å². The minimum absolute atomic E-state index is 0.276. The highest BCUT2D eigenvalue weighted by Crippen LogP contribution is 2.18. The van der Waals surface area contributed by atoms with E-state index in [1.165, 1.54) is 0 Å². The van der Waals surface area contributed by atoms with Gasteiger partial charge in [0, 0.05) is 37.9 Å². The fourth-order valence-corrected chi connectivity index (χ4v) is 2.36. The molecular weight excluding hydrogens is 256 g/mol. The molecule has 0 saturated carbocycles. The molecule has 0 radical (unpaired) electrons. The average Bonchev–Trinajstić information content (AvgIpc) is 2.96. The Bertz CT molecular complexity index is 543. The summed E-state index contributed by atoms with van der Waals surface area (Å²) in [7, 11) is 0. The lowest BCUT2D eigenvalue weighted by Gasteiger charge is -2.32. The summed E-state index contributed by atoms with van der Waals surface area (Å²) in [4.78, 5) is 10.8. The first-order chi connectivity index (χ1) is 9.85. The van der Waals surface area contributed by atoms with Crippen molar-refractivity contribution < 1.29 is 4.42 Å². The molecule has 7 heteroatoms. The fraction of sp³-hybridized carbons (Fsp3) is 0.538. The molecule has 2 aromatic heterocycles. The van der Waals surface area contributed by atoms with Crippen molar-refractivity contribution in [3.8, 4) is 0 Å². The van der Waals surface area contributed by atoms with Gasteiger partial charge in [-0.05, 0) is 18.9 Å². The van der Waals surface area contributed by atoms with E-state index >= 15 is 0 Å². The summed E-state index contributed by atoms with van der Waals surface area (Å²) in [5, 5.41) is 11.3. The summed E-state index contributed by atoms with van der Waals surface area (Å²) in [5.41, 5.74) is 0. The summed E-state index contributed by atoms with van der Waals surface area (Å²) >= 11 is 0. The highest BCUT2D eigenvalue weighted by Gasteiger charge is 2.22. The van der Waals surface area contributed by atoms with Crippen LogP contribution in [0.2, 0.25) is 0 Å². The van der Waals surface area contributed by atoms with Crippen LogP contribution in [0.1, 0.15) is 25.7 Å². The van der Waals surface area contributed by atoms with Crippen LogP contribution in [0.3, 0.4) is 0 Å². The Morgan fingerprint density at radius 3 is 2.95 bits per heavy atom. The number of aryl methyl sites for hydroxylation is 1. The Hall–Kier alpha value is -2.18. The van der Waals surface area contributed by atoms with E-state index in [-0.39, 0.29) is 6.04 Å². The first-order valence-corrected chi connectivity index (χ1v) is 6.96. The predicted molar refractivity (Wildman–Crippen MR) is 74.6 cm³/mol. The summed E-state index contributed by atoms with van der Waals surface area (Å²) in [5.74, 6) is 1.44. The van der Waals surface area contributed by atoms with Gasteiger partial charge in [0.1, 0.15) is 0 Å². The molecule has 0 spiro atoms. The maximum Gasteiger partial charge on any atom is 0.315 e. The second kappa shape index (κ2) is 5.85. The Kier molecular flexibility index (Phi) is 3.76. The van der Waals surface area contributed by atoms with Gasteiger partial charge < -0.3 is 14.6 Å². The second-order valence-electron chi connectivity index (χ2n) is 4.83. The van der Waals surface area contributed by atoms with E-state index in [0.717, 1.165) is 38.3 Å². The smallest absolute Gasteiger partial charge is 0.315 e. The van der Waals surface area contributed by atoms with Gasteiger partial charge in [-0.25, -0.2) is 9.97 Å². The molecule has 0 aromatic carbocycles. The van der Waals surface area contributed by atoms with Gasteiger partial charge in [0.25, 0.3) is 0 Å². The first kappa shape index (κ1) is 12.8.